The lowest BCUT2D eigenvalue weighted by Gasteiger charge is -2.18. The minimum Gasteiger partial charge on any atom is -0.494 e. The summed E-state index contributed by atoms with van der Waals surface area (Å²) in [5.74, 6) is 2.16. The summed E-state index contributed by atoms with van der Waals surface area (Å²) in [6.45, 7) is 8.07. The van der Waals surface area contributed by atoms with Crippen LogP contribution in [0, 0.1) is 6.92 Å². The van der Waals surface area contributed by atoms with Gasteiger partial charge in [0, 0.05) is 5.92 Å². The molecule has 1 atom stereocenters. The summed E-state index contributed by atoms with van der Waals surface area (Å²) >= 11 is 0. The number of nitrogens with two attached hydrogens (primary N) is 1. The van der Waals surface area contributed by atoms with Gasteiger partial charge in [0.1, 0.15) is 11.5 Å². The lowest BCUT2D eigenvalue weighted by atomic mass is 9.91. The van der Waals surface area contributed by atoms with Crippen molar-refractivity contribution < 1.29 is 9.47 Å². The number of aryl methyl sites for hydroxylation is 1. The molecule has 2 rings (SSSR count). The zero-order valence-electron chi connectivity index (χ0n) is 14.3. The number of hydrogen-bond donors (Lipinski definition) is 1. The van der Waals surface area contributed by atoms with Gasteiger partial charge in [-0.2, -0.15) is 0 Å². The molecule has 2 aromatic rings. The first-order valence-electron chi connectivity index (χ1n) is 8.33. The first-order valence-corrected chi connectivity index (χ1v) is 8.33. The Morgan fingerprint density at radius 3 is 2.43 bits per heavy atom. The largest absolute Gasteiger partial charge is 0.494 e. The molecule has 0 aliphatic rings. The molecule has 0 heterocycles. The molecule has 2 aromatic carbocycles. The van der Waals surface area contributed by atoms with Gasteiger partial charge in [0.2, 0.25) is 0 Å². The van der Waals surface area contributed by atoms with Gasteiger partial charge in [-0.1, -0.05) is 24.3 Å². The molecule has 2 N–H and O–H groups in total. The SMILES string of the molecule is CCOc1cccc(CC(CN)c2ccc(OCC)c(C)c2)c1. The molecule has 1 unspecified atom stereocenters. The van der Waals surface area contributed by atoms with Crippen molar-refractivity contribution in [3.63, 3.8) is 0 Å². The first-order chi connectivity index (χ1) is 11.2. The third-order valence-electron chi connectivity index (χ3n) is 3.95. The topological polar surface area (TPSA) is 44.5 Å². The predicted molar refractivity (Wildman–Crippen MR) is 95.5 cm³/mol. The van der Waals surface area contributed by atoms with Crippen molar-refractivity contribution in [1.29, 1.82) is 0 Å². The molecule has 124 valence electrons. The highest BCUT2D eigenvalue weighted by Crippen LogP contribution is 2.27. The van der Waals surface area contributed by atoms with Gasteiger partial charge < -0.3 is 15.2 Å². The van der Waals surface area contributed by atoms with Crippen LogP contribution in [-0.4, -0.2) is 19.8 Å². The molecule has 0 aliphatic heterocycles. The van der Waals surface area contributed by atoms with Gasteiger partial charge >= 0.3 is 0 Å². The van der Waals surface area contributed by atoms with Gasteiger partial charge in [0.05, 0.1) is 13.2 Å². The van der Waals surface area contributed by atoms with Crippen LogP contribution in [0.1, 0.15) is 36.5 Å². The summed E-state index contributed by atoms with van der Waals surface area (Å²) in [7, 11) is 0. The van der Waals surface area contributed by atoms with Crippen LogP contribution in [0.2, 0.25) is 0 Å². The minimum absolute atomic E-state index is 0.293. The minimum atomic E-state index is 0.293. The molecule has 0 fully saturated rings. The third-order valence-corrected chi connectivity index (χ3v) is 3.95. The zero-order chi connectivity index (χ0) is 16.7. The van der Waals surface area contributed by atoms with Crippen molar-refractivity contribution in [3.05, 3.63) is 59.2 Å². The van der Waals surface area contributed by atoms with Crippen molar-refractivity contribution in [2.75, 3.05) is 19.8 Å². The Morgan fingerprint density at radius 1 is 1.00 bits per heavy atom. The van der Waals surface area contributed by atoms with Gasteiger partial charge in [0.15, 0.2) is 0 Å². The van der Waals surface area contributed by atoms with E-state index in [-0.39, 0.29) is 0 Å². The number of hydrogen-bond acceptors (Lipinski definition) is 3. The van der Waals surface area contributed by atoms with Crippen LogP contribution in [0.3, 0.4) is 0 Å². The molecule has 3 nitrogen and oxygen atoms in total. The van der Waals surface area contributed by atoms with Gasteiger partial charge in [-0.25, -0.2) is 0 Å². The molecule has 3 heteroatoms. The summed E-state index contributed by atoms with van der Waals surface area (Å²) in [5, 5.41) is 0. The van der Waals surface area contributed by atoms with Crippen LogP contribution >= 0.6 is 0 Å². The summed E-state index contributed by atoms with van der Waals surface area (Å²) in [6, 6.07) is 14.6. The Balaban J connectivity index is 2.16. The van der Waals surface area contributed by atoms with E-state index in [1.165, 1.54) is 11.1 Å². The summed E-state index contributed by atoms with van der Waals surface area (Å²) < 4.78 is 11.2. The fourth-order valence-electron chi connectivity index (χ4n) is 2.79. The van der Waals surface area contributed by atoms with Crippen LogP contribution in [0.4, 0.5) is 0 Å². The molecule has 0 bridgehead atoms. The van der Waals surface area contributed by atoms with E-state index in [0.29, 0.717) is 25.7 Å². The fourth-order valence-corrected chi connectivity index (χ4v) is 2.79. The molecule has 0 saturated carbocycles. The Hall–Kier alpha value is -2.00. The quantitative estimate of drug-likeness (QED) is 0.798. The molecule has 0 radical (unpaired) electrons. The van der Waals surface area contributed by atoms with Crippen molar-refractivity contribution in [2.45, 2.75) is 33.1 Å². The molecule has 0 aromatic heterocycles. The third kappa shape index (κ3) is 4.73. The van der Waals surface area contributed by atoms with Gasteiger partial charge in [-0.3, -0.25) is 0 Å². The van der Waals surface area contributed by atoms with Crippen LogP contribution in [0.25, 0.3) is 0 Å². The Kier molecular flexibility index (Phi) is 6.48. The highest BCUT2D eigenvalue weighted by molar-refractivity contribution is 5.39. The van der Waals surface area contributed by atoms with Crippen LogP contribution in [0.15, 0.2) is 42.5 Å². The number of rotatable bonds is 8. The van der Waals surface area contributed by atoms with Gasteiger partial charge in [-0.05, 0) is 68.6 Å². The lowest BCUT2D eigenvalue weighted by Crippen LogP contribution is -2.15. The van der Waals surface area contributed by atoms with E-state index in [1.807, 2.05) is 32.0 Å². The van der Waals surface area contributed by atoms with Crippen molar-refractivity contribution in [3.8, 4) is 11.5 Å². The maximum absolute atomic E-state index is 6.03. The molecule has 0 amide bonds. The fraction of sp³-hybridized carbons (Fsp3) is 0.400. The zero-order valence-corrected chi connectivity index (χ0v) is 14.3. The lowest BCUT2D eigenvalue weighted by molar-refractivity contribution is 0.337. The van der Waals surface area contributed by atoms with Crippen molar-refractivity contribution >= 4 is 0 Å². The summed E-state index contributed by atoms with van der Waals surface area (Å²) in [6.07, 6.45) is 0.908. The second kappa shape index (κ2) is 8.59. The molecule has 0 aliphatic carbocycles. The molecular formula is C20H27NO2. The smallest absolute Gasteiger partial charge is 0.122 e. The molecular weight excluding hydrogens is 286 g/mol. The predicted octanol–water partition coefficient (Wildman–Crippen LogP) is 4.08. The van der Waals surface area contributed by atoms with Gasteiger partial charge in [0.25, 0.3) is 0 Å². The normalized spacial score (nSPS) is 12.0. The second-order valence-electron chi connectivity index (χ2n) is 5.68. The maximum Gasteiger partial charge on any atom is 0.122 e. The Morgan fingerprint density at radius 2 is 1.78 bits per heavy atom. The van der Waals surface area contributed by atoms with Crippen molar-refractivity contribution in [1.82, 2.24) is 0 Å². The average molecular weight is 313 g/mol. The molecule has 23 heavy (non-hydrogen) atoms. The van der Waals surface area contributed by atoms with E-state index in [2.05, 4.69) is 31.2 Å². The Labute approximate surface area is 139 Å². The average Bonchev–Trinajstić information content (AvgIpc) is 2.55. The van der Waals surface area contributed by atoms with Crippen LogP contribution < -0.4 is 15.2 Å². The highest BCUT2D eigenvalue weighted by Gasteiger charge is 2.13. The van der Waals surface area contributed by atoms with Gasteiger partial charge in [-0.15, -0.1) is 0 Å². The second-order valence-corrected chi connectivity index (χ2v) is 5.68. The van der Waals surface area contributed by atoms with E-state index in [1.54, 1.807) is 0 Å². The Bertz CT molecular complexity index is 625. The number of ether oxygens (including phenoxy) is 2. The number of benzene rings is 2. The van der Waals surface area contributed by atoms with E-state index in [0.717, 1.165) is 23.5 Å². The summed E-state index contributed by atoms with van der Waals surface area (Å²) in [5.41, 5.74) is 9.70. The maximum atomic E-state index is 6.03. The standard InChI is InChI=1S/C20H27NO2/c1-4-22-19-8-6-7-16(13-19)12-18(14-21)17-9-10-20(23-5-2)15(3)11-17/h6-11,13,18H,4-5,12,14,21H2,1-3H3. The van der Waals surface area contributed by atoms with Crippen LogP contribution in [-0.2, 0) is 6.42 Å². The van der Waals surface area contributed by atoms with E-state index in [4.69, 9.17) is 15.2 Å². The van der Waals surface area contributed by atoms with E-state index < -0.39 is 0 Å². The molecule has 0 saturated heterocycles. The van der Waals surface area contributed by atoms with E-state index >= 15 is 0 Å². The molecule has 0 spiro atoms. The van der Waals surface area contributed by atoms with Crippen LogP contribution in [0.5, 0.6) is 11.5 Å². The van der Waals surface area contributed by atoms with E-state index in [9.17, 15) is 0 Å². The highest BCUT2D eigenvalue weighted by atomic mass is 16.5. The summed E-state index contributed by atoms with van der Waals surface area (Å²) in [4.78, 5) is 0. The van der Waals surface area contributed by atoms with Crippen molar-refractivity contribution in [2.24, 2.45) is 5.73 Å². The first kappa shape index (κ1) is 17.4. The monoisotopic (exact) mass is 313 g/mol.